The van der Waals surface area contributed by atoms with Gasteiger partial charge in [-0.1, -0.05) is 30.3 Å². The highest BCUT2D eigenvalue weighted by atomic mass is 16.6. The number of carboxylic acids is 1. The molecule has 8 heteroatoms. The summed E-state index contributed by atoms with van der Waals surface area (Å²) in [5.74, 6) is -1.40. The summed E-state index contributed by atoms with van der Waals surface area (Å²) in [5, 5.41) is 13.1. The molecule has 0 spiro atoms. The average Bonchev–Trinajstić information content (AvgIpc) is 2.60. The van der Waals surface area contributed by atoms with Crippen molar-refractivity contribution >= 4 is 18.0 Å². The summed E-state index contributed by atoms with van der Waals surface area (Å²) in [6.07, 6.45) is 0.598. The van der Waals surface area contributed by atoms with Gasteiger partial charge in [0.1, 0.15) is 17.7 Å². The zero-order chi connectivity index (χ0) is 20.0. The molecule has 0 bridgehead atoms. The molecular formula is C19H27N3O5. The van der Waals surface area contributed by atoms with E-state index < -0.39 is 35.7 Å². The lowest BCUT2D eigenvalue weighted by Gasteiger charge is -2.34. The number of hydrogen-bond donors (Lipinski definition) is 3. The molecule has 0 radical (unpaired) electrons. The van der Waals surface area contributed by atoms with Crippen molar-refractivity contribution in [1.82, 2.24) is 15.8 Å². The summed E-state index contributed by atoms with van der Waals surface area (Å²) in [5.41, 5.74) is 2.91. The molecule has 1 fully saturated rings. The first-order chi connectivity index (χ1) is 12.7. The van der Waals surface area contributed by atoms with Crippen LogP contribution in [0.3, 0.4) is 0 Å². The van der Waals surface area contributed by atoms with Gasteiger partial charge < -0.3 is 15.2 Å². The van der Waals surface area contributed by atoms with E-state index in [-0.39, 0.29) is 6.42 Å². The molecule has 2 rings (SSSR count). The van der Waals surface area contributed by atoms with Crippen molar-refractivity contribution in [3.63, 3.8) is 0 Å². The predicted molar refractivity (Wildman–Crippen MR) is 98.8 cm³/mol. The predicted octanol–water partition coefficient (Wildman–Crippen LogP) is 1.70. The Bertz CT molecular complexity index is 672. The summed E-state index contributed by atoms with van der Waals surface area (Å²) in [4.78, 5) is 36.4. The number of amides is 2. The maximum absolute atomic E-state index is 13.0. The fraction of sp³-hybridized carbons (Fsp3) is 0.526. The Kier molecular flexibility index (Phi) is 6.79. The van der Waals surface area contributed by atoms with Gasteiger partial charge in [-0.25, -0.2) is 10.2 Å². The molecule has 148 valence electrons. The molecule has 0 unspecified atom stereocenters. The highest BCUT2D eigenvalue weighted by Crippen LogP contribution is 2.13. The molecule has 1 aliphatic rings. The SMILES string of the molecule is CC(C)(C)OC(=O)N[C@@H](Cc1ccccc1)C(=O)N1CCC[C@@H](C(=O)O)N1. The maximum atomic E-state index is 13.0. The molecule has 1 aromatic carbocycles. The number of hydrazine groups is 1. The van der Waals surface area contributed by atoms with Crippen LogP contribution in [0.5, 0.6) is 0 Å². The van der Waals surface area contributed by atoms with Crippen LogP contribution in [0, 0.1) is 0 Å². The quantitative estimate of drug-likeness (QED) is 0.721. The Labute approximate surface area is 158 Å². The zero-order valence-electron chi connectivity index (χ0n) is 15.9. The minimum Gasteiger partial charge on any atom is -0.480 e. The maximum Gasteiger partial charge on any atom is 0.408 e. The number of carbonyl (C=O) groups is 3. The van der Waals surface area contributed by atoms with Crippen LogP contribution in [0.15, 0.2) is 30.3 Å². The number of benzene rings is 1. The van der Waals surface area contributed by atoms with E-state index in [0.717, 1.165) is 5.56 Å². The molecule has 1 heterocycles. The van der Waals surface area contributed by atoms with Crippen molar-refractivity contribution in [3.8, 4) is 0 Å². The molecule has 1 aliphatic heterocycles. The molecule has 1 aromatic rings. The van der Waals surface area contributed by atoms with Crippen molar-refractivity contribution in [3.05, 3.63) is 35.9 Å². The molecular weight excluding hydrogens is 350 g/mol. The number of hydrogen-bond acceptors (Lipinski definition) is 5. The number of aliphatic carboxylic acids is 1. The minimum absolute atomic E-state index is 0.273. The number of nitrogens with zero attached hydrogens (tertiary/aromatic N) is 1. The number of carboxylic acid groups (broad SMARTS) is 1. The summed E-state index contributed by atoms with van der Waals surface area (Å²) in [6, 6.07) is 7.60. The number of alkyl carbamates (subject to hydrolysis) is 1. The van der Waals surface area contributed by atoms with E-state index in [2.05, 4.69) is 10.7 Å². The smallest absolute Gasteiger partial charge is 0.408 e. The van der Waals surface area contributed by atoms with E-state index >= 15 is 0 Å². The second-order valence-corrected chi connectivity index (χ2v) is 7.54. The van der Waals surface area contributed by atoms with Gasteiger partial charge in [-0.3, -0.25) is 14.6 Å². The van der Waals surface area contributed by atoms with Crippen LogP contribution in [-0.2, 0) is 20.7 Å². The van der Waals surface area contributed by atoms with Gasteiger partial charge in [0.05, 0.1) is 0 Å². The molecule has 0 saturated carbocycles. The van der Waals surface area contributed by atoms with Crippen LogP contribution in [0.2, 0.25) is 0 Å². The third kappa shape index (κ3) is 6.56. The largest absolute Gasteiger partial charge is 0.480 e. The van der Waals surface area contributed by atoms with Crippen LogP contribution in [-0.4, -0.2) is 52.3 Å². The van der Waals surface area contributed by atoms with Crippen LogP contribution in [0.1, 0.15) is 39.2 Å². The molecule has 2 atom stereocenters. The molecule has 2 amide bonds. The molecule has 0 aromatic heterocycles. The van der Waals surface area contributed by atoms with Gasteiger partial charge in [-0.2, -0.15) is 0 Å². The van der Waals surface area contributed by atoms with E-state index in [1.54, 1.807) is 20.8 Å². The average molecular weight is 377 g/mol. The zero-order valence-corrected chi connectivity index (χ0v) is 15.9. The van der Waals surface area contributed by atoms with Crippen LogP contribution >= 0.6 is 0 Å². The van der Waals surface area contributed by atoms with Gasteiger partial charge in [-0.15, -0.1) is 0 Å². The lowest BCUT2D eigenvalue weighted by molar-refractivity contribution is -0.147. The second-order valence-electron chi connectivity index (χ2n) is 7.54. The molecule has 3 N–H and O–H groups in total. The van der Waals surface area contributed by atoms with E-state index in [1.807, 2.05) is 30.3 Å². The van der Waals surface area contributed by atoms with Gasteiger partial charge in [0.25, 0.3) is 5.91 Å². The number of ether oxygens (including phenoxy) is 1. The van der Waals surface area contributed by atoms with Crippen LogP contribution in [0.4, 0.5) is 4.79 Å². The van der Waals surface area contributed by atoms with Crippen molar-refractivity contribution in [2.75, 3.05) is 6.54 Å². The van der Waals surface area contributed by atoms with Gasteiger partial charge in [0.2, 0.25) is 0 Å². The van der Waals surface area contributed by atoms with Crippen molar-refractivity contribution in [1.29, 1.82) is 0 Å². The Hall–Kier alpha value is -2.61. The van der Waals surface area contributed by atoms with Crippen molar-refractivity contribution < 1.29 is 24.2 Å². The summed E-state index contributed by atoms with van der Waals surface area (Å²) in [6.45, 7) is 5.60. The standard InChI is InChI=1S/C19H27N3O5/c1-19(2,3)27-18(26)20-15(12-13-8-5-4-6-9-13)16(23)22-11-7-10-14(21-22)17(24)25/h4-6,8-9,14-15,21H,7,10-12H2,1-3H3,(H,20,26)(H,24,25)/t14-,15-/m0/s1. The summed E-state index contributed by atoms with van der Waals surface area (Å²) >= 11 is 0. The number of nitrogens with one attached hydrogen (secondary N) is 2. The Morgan fingerprint density at radius 2 is 1.96 bits per heavy atom. The Morgan fingerprint density at radius 1 is 1.30 bits per heavy atom. The van der Waals surface area contributed by atoms with Crippen LogP contribution < -0.4 is 10.7 Å². The van der Waals surface area contributed by atoms with Gasteiger partial charge in [0.15, 0.2) is 0 Å². The monoisotopic (exact) mass is 377 g/mol. The van der Waals surface area contributed by atoms with Crippen molar-refractivity contribution in [2.45, 2.75) is 57.7 Å². The van der Waals surface area contributed by atoms with Gasteiger partial charge in [0, 0.05) is 13.0 Å². The lowest BCUT2D eigenvalue weighted by Crippen LogP contribution is -2.60. The topological polar surface area (TPSA) is 108 Å². The third-order valence-electron chi connectivity index (χ3n) is 4.02. The molecule has 0 aliphatic carbocycles. The first kappa shape index (κ1) is 20.7. The summed E-state index contributed by atoms with van der Waals surface area (Å²) < 4.78 is 5.27. The van der Waals surface area contributed by atoms with Crippen molar-refractivity contribution in [2.24, 2.45) is 0 Å². The van der Waals surface area contributed by atoms with Gasteiger partial charge >= 0.3 is 12.1 Å². The highest BCUT2D eigenvalue weighted by Gasteiger charge is 2.33. The van der Waals surface area contributed by atoms with Crippen LogP contribution in [0.25, 0.3) is 0 Å². The van der Waals surface area contributed by atoms with E-state index in [9.17, 15) is 19.5 Å². The Morgan fingerprint density at radius 3 is 2.56 bits per heavy atom. The molecule has 27 heavy (non-hydrogen) atoms. The minimum atomic E-state index is -1.01. The van der Waals surface area contributed by atoms with E-state index in [0.29, 0.717) is 19.4 Å². The first-order valence-corrected chi connectivity index (χ1v) is 8.99. The first-order valence-electron chi connectivity index (χ1n) is 8.99. The lowest BCUT2D eigenvalue weighted by atomic mass is 10.0. The Balaban J connectivity index is 2.13. The number of rotatable bonds is 5. The highest BCUT2D eigenvalue weighted by molar-refractivity contribution is 5.86. The van der Waals surface area contributed by atoms with E-state index in [4.69, 9.17) is 4.74 Å². The fourth-order valence-corrected chi connectivity index (χ4v) is 2.81. The molecule has 1 saturated heterocycles. The third-order valence-corrected chi connectivity index (χ3v) is 4.02. The van der Waals surface area contributed by atoms with E-state index in [1.165, 1.54) is 5.01 Å². The second kappa shape index (κ2) is 8.85. The fourth-order valence-electron chi connectivity index (χ4n) is 2.81. The summed E-state index contributed by atoms with van der Waals surface area (Å²) in [7, 11) is 0. The van der Waals surface area contributed by atoms with Gasteiger partial charge in [-0.05, 0) is 39.2 Å². The number of carbonyl (C=O) groups excluding carboxylic acids is 2. The normalized spacial score (nSPS) is 18.5. The molecule has 8 nitrogen and oxygen atoms in total.